The van der Waals surface area contributed by atoms with Crippen LogP contribution in [0.15, 0.2) is 47.5 Å². The number of hydrogen-bond donors (Lipinski definition) is 2. The van der Waals surface area contributed by atoms with Crippen molar-refractivity contribution in [2.45, 2.75) is 20.4 Å². The fourth-order valence-corrected chi connectivity index (χ4v) is 2.08. The second kappa shape index (κ2) is 8.76. The first kappa shape index (κ1) is 19.3. The molecule has 3 N–H and O–H groups in total. The molecule has 124 valence electrons. The highest BCUT2D eigenvalue weighted by Crippen LogP contribution is 2.15. The van der Waals surface area contributed by atoms with Crippen molar-refractivity contribution in [2.75, 3.05) is 24.3 Å². The summed E-state index contributed by atoms with van der Waals surface area (Å²) in [4.78, 5) is 6.46. The lowest BCUT2D eigenvalue weighted by atomic mass is 10.1. The Kier molecular flexibility index (Phi) is 7.35. The van der Waals surface area contributed by atoms with Crippen molar-refractivity contribution in [3.05, 3.63) is 59.2 Å². The Morgan fingerprint density at radius 1 is 1.04 bits per heavy atom. The molecule has 0 aromatic heterocycles. The topological polar surface area (TPSA) is 53.6 Å². The molecule has 0 unspecified atom stereocenters. The molecule has 0 spiro atoms. The lowest BCUT2D eigenvalue weighted by molar-refractivity contribution is 1.05. The number of halogens is 1. The molecule has 0 fully saturated rings. The van der Waals surface area contributed by atoms with E-state index in [9.17, 15) is 0 Å². The third kappa shape index (κ3) is 5.74. The van der Waals surface area contributed by atoms with E-state index in [2.05, 4.69) is 65.5 Å². The van der Waals surface area contributed by atoms with Crippen LogP contribution in [-0.4, -0.2) is 20.1 Å². The van der Waals surface area contributed by atoms with Crippen LogP contribution in [0.5, 0.6) is 0 Å². The molecule has 5 heteroatoms. The molecule has 0 heterocycles. The van der Waals surface area contributed by atoms with Gasteiger partial charge in [-0.25, -0.2) is 4.99 Å². The number of anilines is 2. The Morgan fingerprint density at radius 2 is 1.70 bits per heavy atom. The van der Waals surface area contributed by atoms with E-state index in [-0.39, 0.29) is 24.0 Å². The van der Waals surface area contributed by atoms with E-state index in [0.29, 0.717) is 12.5 Å². The Hall–Kier alpha value is -1.76. The van der Waals surface area contributed by atoms with E-state index in [1.165, 1.54) is 16.8 Å². The number of nitrogens with two attached hydrogens (primary N) is 1. The number of guanidine groups is 1. The molecule has 0 saturated heterocycles. The number of nitrogens with one attached hydrogen (secondary N) is 1. The summed E-state index contributed by atoms with van der Waals surface area (Å²) in [6.45, 7) is 4.74. The minimum Gasteiger partial charge on any atom is -0.378 e. The van der Waals surface area contributed by atoms with Crippen LogP contribution in [0, 0.1) is 13.8 Å². The molecule has 2 aromatic rings. The number of aryl methyl sites for hydroxylation is 2. The van der Waals surface area contributed by atoms with Crippen LogP contribution in [0.3, 0.4) is 0 Å². The van der Waals surface area contributed by atoms with Gasteiger partial charge >= 0.3 is 0 Å². The van der Waals surface area contributed by atoms with Crippen LogP contribution < -0.4 is 16.0 Å². The number of aliphatic imine (C=N–C) groups is 1. The van der Waals surface area contributed by atoms with Crippen molar-refractivity contribution in [1.82, 2.24) is 0 Å². The van der Waals surface area contributed by atoms with Crippen molar-refractivity contribution in [3.8, 4) is 0 Å². The average molecular weight is 424 g/mol. The standard InChI is InChI=1S/C18H24N4.HI/c1-13-5-8-16(11-14(13)2)21-18(19)20-12-15-6-9-17(10-7-15)22(3)4;/h5-11H,12H2,1-4H3,(H3,19,20,21);1H. The van der Waals surface area contributed by atoms with Gasteiger partial charge in [0.05, 0.1) is 6.54 Å². The van der Waals surface area contributed by atoms with Gasteiger partial charge in [0.2, 0.25) is 0 Å². The molecule has 0 atom stereocenters. The minimum atomic E-state index is 0. The summed E-state index contributed by atoms with van der Waals surface area (Å²) in [5.74, 6) is 0.430. The minimum absolute atomic E-state index is 0. The molecule has 0 aliphatic heterocycles. The lowest BCUT2D eigenvalue weighted by Crippen LogP contribution is -2.22. The highest BCUT2D eigenvalue weighted by Gasteiger charge is 1.99. The maximum absolute atomic E-state index is 5.95. The highest BCUT2D eigenvalue weighted by atomic mass is 127. The van der Waals surface area contributed by atoms with Gasteiger partial charge in [-0.3, -0.25) is 0 Å². The number of rotatable bonds is 4. The molecule has 2 rings (SSSR count). The molecule has 0 radical (unpaired) electrons. The van der Waals surface area contributed by atoms with Gasteiger partial charge in [0.15, 0.2) is 5.96 Å². The van der Waals surface area contributed by atoms with E-state index >= 15 is 0 Å². The van der Waals surface area contributed by atoms with Crippen LogP contribution in [0.4, 0.5) is 11.4 Å². The van der Waals surface area contributed by atoms with Crippen molar-refractivity contribution in [3.63, 3.8) is 0 Å². The summed E-state index contributed by atoms with van der Waals surface area (Å²) >= 11 is 0. The van der Waals surface area contributed by atoms with Crippen LogP contribution in [-0.2, 0) is 6.54 Å². The van der Waals surface area contributed by atoms with Crippen molar-refractivity contribution >= 4 is 41.3 Å². The van der Waals surface area contributed by atoms with Crippen LogP contribution in [0.1, 0.15) is 16.7 Å². The van der Waals surface area contributed by atoms with Gasteiger partial charge in [-0.15, -0.1) is 24.0 Å². The first-order valence-corrected chi connectivity index (χ1v) is 7.36. The molecule has 0 amide bonds. The van der Waals surface area contributed by atoms with Gasteiger partial charge in [-0.05, 0) is 54.8 Å². The van der Waals surface area contributed by atoms with E-state index in [4.69, 9.17) is 5.73 Å². The highest BCUT2D eigenvalue weighted by molar-refractivity contribution is 14.0. The number of hydrogen-bond acceptors (Lipinski definition) is 2. The normalized spacial score (nSPS) is 10.9. The van der Waals surface area contributed by atoms with Gasteiger partial charge in [-0.1, -0.05) is 18.2 Å². The van der Waals surface area contributed by atoms with Gasteiger partial charge < -0.3 is 16.0 Å². The number of nitrogens with zero attached hydrogens (tertiary/aromatic N) is 2. The van der Waals surface area contributed by atoms with Gasteiger partial charge in [0.1, 0.15) is 0 Å². The Balaban J connectivity index is 0.00000264. The van der Waals surface area contributed by atoms with Gasteiger partial charge in [-0.2, -0.15) is 0 Å². The van der Waals surface area contributed by atoms with Gasteiger partial charge in [0, 0.05) is 25.5 Å². The molecule has 23 heavy (non-hydrogen) atoms. The van der Waals surface area contributed by atoms with E-state index < -0.39 is 0 Å². The molecule has 0 saturated carbocycles. The second-order valence-electron chi connectivity index (χ2n) is 5.69. The van der Waals surface area contributed by atoms with Crippen LogP contribution >= 0.6 is 24.0 Å². The second-order valence-corrected chi connectivity index (χ2v) is 5.69. The summed E-state index contributed by atoms with van der Waals surface area (Å²) in [6.07, 6.45) is 0. The van der Waals surface area contributed by atoms with E-state index in [0.717, 1.165) is 11.3 Å². The molecule has 2 aromatic carbocycles. The summed E-state index contributed by atoms with van der Waals surface area (Å²) in [7, 11) is 4.05. The quantitative estimate of drug-likeness (QED) is 0.445. The third-order valence-electron chi connectivity index (χ3n) is 3.66. The largest absolute Gasteiger partial charge is 0.378 e. The zero-order valence-electron chi connectivity index (χ0n) is 14.1. The fourth-order valence-electron chi connectivity index (χ4n) is 2.08. The molecule has 0 aliphatic rings. The lowest BCUT2D eigenvalue weighted by Gasteiger charge is -2.12. The average Bonchev–Trinajstić information content (AvgIpc) is 2.49. The Labute approximate surface area is 155 Å². The summed E-state index contributed by atoms with van der Waals surface area (Å²) < 4.78 is 0. The number of benzene rings is 2. The third-order valence-corrected chi connectivity index (χ3v) is 3.66. The predicted molar refractivity (Wildman–Crippen MR) is 111 cm³/mol. The van der Waals surface area contributed by atoms with E-state index in [1.54, 1.807) is 0 Å². The monoisotopic (exact) mass is 424 g/mol. The zero-order valence-corrected chi connectivity index (χ0v) is 16.5. The van der Waals surface area contributed by atoms with Crippen molar-refractivity contribution in [2.24, 2.45) is 10.7 Å². The predicted octanol–water partition coefficient (Wildman–Crippen LogP) is 3.91. The van der Waals surface area contributed by atoms with Gasteiger partial charge in [0.25, 0.3) is 0 Å². The van der Waals surface area contributed by atoms with Crippen molar-refractivity contribution in [1.29, 1.82) is 0 Å². The Bertz CT molecular complexity index is 663. The fraction of sp³-hybridized carbons (Fsp3) is 0.278. The first-order valence-electron chi connectivity index (χ1n) is 7.36. The zero-order chi connectivity index (χ0) is 16.1. The molecule has 0 bridgehead atoms. The maximum atomic E-state index is 5.95. The van der Waals surface area contributed by atoms with Crippen molar-refractivity contribution < 1.29 is 0 Å². The molecule has 4 nitrogen and oxygen atoms in total. The molecule has 0 aliphatic carbocycles. The van der Waals surface area contributed by atoms with Crippen LogP contribution in [0.2, 0.25) is 0 Å². The smallest absolute Gasteiger partial charge is 0.193 e. The SMILES string of the molecule is Cc1ccc(NC(N)=NCc2ccc(N(C)C)cc2)cc1C.I. The maximum Gasteiger partial charge on any atom is 0.193 e. The van der Waals surface area contributed by atoms with E-state index in [1.807, 2.05) is 20.2 Å². The summed E-state index contributed by atoms with van der Waals surface area (Å²) in [5, 5.41) is 3.13. The van der Waals surface area contributed by atoms with Crippen LogP contribution in [0.25, 0.3) is 0 Å². The summed E-state index contributed by atoms with van der Waals surface area (Å²) in [5.41, 5.74) is 11.7. The molecular formula is C18H25IN4. The Morgan fingerprint density at radius 3 is 2.26 bits per heavy atom. The first-order chi connectivity index (χ1) is 10.5. The summed E-state index contributed by atoms with van der Waals surface area (Å²) in [6, 6.07) is 14.5. The molecular weight excluding hydrogens is 399 g/mol.